The molecule has 0 heterocycles. The molecule has 0 saturated heterocycles. The third kappa shape index (κ3) is 3.16. The summed E-state index contributed by atoms with van der Waals surface area (Å²) in [5.41, 5.74) is 5.75. The Morgan fingerprint density at radius 1 is 1.40 bits per heavy atom. The van der Waals surface area contributed by atoms with Crippen LogP contribution in [0, 0.1) is 17.6 Å². The Balaban J connectivity index is 2.80. The molecule has 0 saturated carbocycles. The SMILES string of the molecule is CC(CN)CN(C)c1cc(F)ccc1F. The Labute approximate surface area is 88.7 Å². The number of hydrogen-bond donors (Lipinski definition) is 1. The first-order valence-electron chi connectivity index (χ1n) is 4.91. The molecule has 0 aliphatic rings. The first-order valence-corrected chi connectivity index (χ1v) is 4.91. The van der Waals surface area contributed by atoms with Gasteiger partial charge in [-0.05, 0) is 24.6 Å². The fraction of sp³-hybridized carbons (Fsp3) is 0.455. The predicted molar refractivity (Wildman–Crippen MR) is 57.8 cm³/mol. The van der Waals surface area contributed by atoms with Crippen LogP contribution in [0.3, 0.4) is 0 Å². The summed E-state index contributed by atoms with van der Waals surface area (Å²) >= 11 is 0. The Morgan fingerprint density at radius 2 is 2.07 bits per heavy atom. The standard InChI is InChI=1S/C11H16F2N2/c1-8(6-14)7-15(2)11-5-9(12)3-4-10(11)13/h3-5,8H,6-7,14H2,1-2H3. The smallest absolute Gasteiger partial charge is 0.146 e. The van der Waals surface area contributed by atoms with Gasteiger partial charge in [0.25, 0.3) is 0 Å². The average Bonchev–Trinajstić information content (AvgIpc) is 2.21. The number of nitrogens with zero attached hydrogens (tertiary/aromatic N) is 1. The van der Waals surface area contributed by atoms with Crippen LogP contribution in [-0.4, -0.2) is 20.1 Å². The van der Waals surface area contributed by atoms with Crippen molar-refractivity contribution < 1.29 is 8.78 Å². The molecular weight excluding hydrogens is 198 g/mol. The van der Waals surface area contributed by atoms with Crippen LogP contribution >= 0.6 is 0 Å². The van der Waals surface area contributed by atoms with E-state index in [1.54, 1.807) is 11.9 Å². The first-order chi connectivity index (χ1) is 7.04. The molecule has 84 valence electrons. The van der Waals surface area contributed by atoms with Crippen molar-refractivity contribution in [2.75, 3.05) is 25.0 Å². The van der Waals surface area contributed by atoms with E-state index in [4.69, 9.17) is 5.73 Å². The number of benzene rings is 1. The van der Waals surface area contributed by atoms with Crippen LogP contribution in [-0.2, 0) is 0 Å². The van der Waals surface area contributed by atoms with Gasteiger partial charge in [-0.15, -0.1) is 0 Å². The second-order valence-corrected chi connectivity index (χ2v) is 3.82. The molecule has 0 aliphatic carbocycles. The third-order valence-corrected chi connectivity index (χ3v) is 2.31. The van der Waals surface area contributed by atoms with Gasteiger partial charge < -0.3 is 10.6 Å². The summed E-state index contributed by atoms with van der Waals surface area (Å²) in [5, 5.41) is 0. The number of halogens is 2. The van der Waals surface area contributed by atoms with Crippen molar-refractivity contribution >= 4 is 5.69 Å². The maximum absolute atomic E-state index is 13.3. The van der Waals surface area contributed by atoms with Crippen molar-refractivity contribution in [3.05, 3.63) is 29.8 Å². The summed E-state index contributed by atoms with van der Waals surface area (Å²) in [6.07, 6.45) is 0. The Hall–Kier alpha value is -1.16. The number of hydrogen-bond acceptors (Lipinski definition) is 2. The minimum absolute atomic E-state index is 0.248. The van der Waals surface area contributed by atoms with E-state index >= 15 is 0 Å². The zero-order valence-corrected chi connectivity index (χ0v) is 9.00. The quantitative estimate of drug-likeness (QED) is 0.830. The van der Waals surface area contributed by atoms with Crippen molar-refractivity contribution in [1.82, 2.24) is 0 Å². The molecule has 1 rings (SSSR count). The monoisotopic (exact) mass is 214 g/mol. The van der Waals surface area contributed by atoms with Gasteiger partial charge in [0.05, 0.1) is 5.69 Å². The van der Waals surface area contributed by atoms with Crippen molar-refractivity contribution in [2.24, 2.45) is 11.7 Å². The lowest BCUT2D eigenvalue weighted by atomic mass is 10.1. The van der Waals surface area contributed by atoms with Crippen LogP contribution < -0.4 is 10.6 Å². The van der Waals surface area contributed by atoms with Crippen LogP contribution in [0.4, 0.5) is 14.5 Å². The highest BCUT2D eigenvalue weighted by Gasteiger charge is 2.11. The fourth-order valence-electron chi connectivity index (χ4n) is 1.42. The molecule has 4 heteroatoms. The van der Waals surface area contributed by atoms with E-state index in [0.29, 0.717) is 13.1 Å². The van der Waals surface area contributed by atoms with Gasteiger partial charge in [0.2, 0.25) is 0 Å². The maximum atomic E-state index is 13.3. The fourth-order valence-corrected chi connectivity index (χ4v) is 1.42. The molecule has 2 N–H and O–H groups in total. The molecule has 1 aromatic rings. The van der Waals surface area contributed by atoms with E-state index in [9.17, 15) is 8.78 Å². The number of anilines is 1. The molecular formula is C11H16F2N2. The largest absolute Gasteiger partial charge is 0.372 e. The molecule has 0 aliphatic heterocycles. The van der Waals surface area contributed by atoms with Crippen molar-refractivity contribution in [1.29, 1.82) is 0 Å². The van der Waals surface area contributed by atoms with Gasteiger partial charge in [-0.2, -0.15) is 0 Å². The lowest BCUT2D eigenvalue weighted by Gasteiger charge is -2.23. The molecule has 2 nitrogen and oxygen atoms in total. The summed E-state index contributed by atoms with van der Waals surface area (Å²) in [4.78, 5) is 1.68. The summed E-state index contributed by atoms with van der Waals surface area (Å²) in [6, 6.07) is 3.44. The number of nitrogens with two attached hydrogens (primary N) is 1. The molecule has 15 heavy (non-hydrogen) atoms. The Morgan fingerprint density at radius 3 is 2.67 bits per heavy atom. The highest BCUT2D eigenvalue weighted by Crippen LogP contribution is 2.19. The second-order valence-electron chi connectivity index (χ2n) is 3.82. The molecule has 0 aromatic heterocycles. The van der Waals surface area contributed by atoms with E-state index in [-0.39, 0.29) is 11.6 Å². The van der Waals surface area contributed by atoms with Crippen LogP contribution in [0.1, 0.15) is 6.92 Å². The zero-order valence-electron chi connectivity index (χ0n) is 9.00. The van der Waals surface area contributed by atoms with Gasteiger partial charge in [-0.25, -0.2) is 8.78 Å². The van der Waals surface area contributed by atoms with E-state index in [1.165, 1.54) is 6.07 Å². The van der Waals surface area contributed by atoms with E-state index < -0.39 is 11.6 Å². The lowest BCUT2D eigenvalue weighted by Crippen LogP contribution is -2.28. The van der Waals surface area contributed by atoms with Gasteiger partial charge in [-0.1, -0.05) is 6.92 Å². The summed E-state index contributed by atoms with van der Waals surface area (Å²) in [5.74, 6) is -0.598. The van der Waals surface area contributed by atoms with Gasteiger partial charge >= 0.3 is 0 Å². The highest BCUT2D eigenvalue weighted by molar-refractivity contribution is 5.47. The minimum Gasteiger partial charge on any atom is -0.372 e. The molecule has 0 radical (unpaired) electrons. The van der Waals surface area contributed by atoms with Crippen LogP contribution in [0.15, 0.2) is 18.2 Å². The van der Waals surface area contributed by atoms with E-state index in [2.05, 4.69) is 0 Å². The normalized spacial score (nSPS) is 12.6. The third-order valence-electron chi connectivity index (χ3n) is 2.31. The minimum atomic E-state index is -0.432. The number of rotatable bonds is 4. The molecule has 1 aromatic carbocycles. The molecule has 0 spiro atoms. The summed E-state index contributed by atoms with van der Waals surface area (Å²) in [6.45, 7) is 3.10. The molecule has 1 unspecified atom stereocenters. The topological polar surface area (TPSA) is 29.3 Å². The summed E-state index contributed by atoms with van der Waals surface area (Å²) < 4.78 is 26.2. The summed E-state index contributed by atoms with van der Waals surface area (Å²) in [7, 11) is 1.73. The Bertz CT molecular complexity index is 328. The first kappa shape index (κ1) is 11.9. The van der Waals surface area contributed by atoms with Gasteiger partial charge in [0, 0.05) is 19.7 Å². The van der Waals surface area contributed by atoms with Crippen LogP contribution in [0.25, 0.3) is 0 Å². The zero-order chi connectivity index (χ0) is 11.4. The lowest BCUT2D eigenvalue weighted by molar-refractivity contribution is 0.566. The van der Waals surface area contributed by atoms with Crippen molar-refractivity contribution in [3.63, 3.8) is 0 Å². The van der Waals surface area contributed by atoms with Gasteiger partial charge in [-0.3, -0.25) is 0 Å². The molecule has 0 fully saturated rings. The van der Waals surface area contributed by atoms with E-state index in [0.717, 1.165) is 12.1 Å². The second kappa shape index (κ2) is 5.07. The van der Waals surface area contributed by atoms with Gasteiger partial charge in [0.1, 0.15) is 11.6 Å². The maximum Gasteiger partial charge on any atom is 0.146 e. The Kier molecular flexibility index (Phi) is 4.03. The van der Waals surface area contributed by atoms with Crippen molar-refractivity contribution in [3.8, 4) is 0 Å². The molecule has 0 amide bonds. The van der Waals surface area contributed by atoms with Crippen molar-refractivity contribution in [2.45, 2.75) is 6.92 Å². The molecule has 0 bridgehead atoms. The van der Waals surface area contributed by atoms with E-state index in [1.807, 2.05) is 6.92 Å². The average molecular weight is 214 g/mol. The van der Waals surface area contributed by atoms with Crippen LogP contribution in [0.2, 0.25) is 0 Å². The molecule has 1 atom stereocenters. The predicted octanol–water partition coefficient (Wildman–Crippen LogP) is 2.00. The van der Waals surface area contributed by atoms with Gasteiger partial charge in [0.15, 0.2) is 0 Å². The van der Waals surface area contributed by atoms with Crippen LogP contribution in [0.5, 0.6) is 0 Å². The highest BCUT2D eigenvalue weighted by atomic mass is 19.1.